The van der Waals surface area contributed by atoms with E-state index in [0.717, 1.165) is 30.1 Å². The number of ketones is 1. The molecule has 1 heterocycles. The van der Waals surface area contributed by atoms with E-state index in [4.69, 9.17) is 13.9 Å². The molecular weight excluding hydrogens is 446 g/mol. The van der Waals surface area contributed by atoms with Crippen molar-refractivity contribution < 1.29 is 23.5 Å². The van der Waals surface area contributed by atoms with Crippen LogP contribution in [0.2, 0.25) is 18.1 Å². The number of epoxide rings is 1. The van der Waals surface area contributed by atoms with Gasteiger partial charge >= 0.3 is 5.97 Å². The number of unbranched alkanes of at least 4 members (excludes halogenated alkanes) is 1. The van der Waals surface area contributed by atoms with Gasteiger partial charge < -0.3 is 13.9 Å². The molecule has 0 unspecified atom stereocenters. The standard InChI is InChI=1S/C27H41NO5Si/c1-9-23(26(30)31-8)18-20(5)16-14-13-15-17-21(6)24(29)27(19-28)25(32-27)22(7)33-34(10-2,11-3)12-4/h9,14,16-18,22,25H,10-13,15H2,1-8H3/b16-14+,20-18+,21-17+,23-9+/t22-,25-,27-/m1/s1. The van der Waals surface area contributed by atoms with E-state index in [1.165, 1.54) is 7.11 Å². The number of nitrogens with zero attached hydrogens (tertiary/aromatic N) is 1. The summed E-state index contributed by atoms with van der Waals surface area (Å²) in [6.07, 6.45) is 9.82. The highest BCUT2D eigenvalue weighted by Crippen LogP contribution is 2.43. The Hall–Kier alpha value is -2.27. The van der Waals surface area contributed by atoms with Crippen LogP contribution in [0.3, 0.4) is 0 Å². The first-order chi connectivity index (χ1) is 16.1. The number of nitriles is 1. The van der Waals surface area contributed by atoms with Crippen molar-refractivity contribution in [2.75, 3.05) is 7.11 Å². The number of ether oxygens (including phenoxy) is 2. The quantitative estimate of drug-likeness (QED) is 0.0748. The van der Waals surface area contributed by atoms with Crippen molar-refractivity contribution in [2.24, 2.45) is 0 Å². The molecule has 0 N–H and O–H groups in total. The number of carbonyl (C=O) groups is 2. The molecule has 0 aliphatic carbocycles. The van der Waals surface area contributed by atoms with Crippen LogP contribution in [0, 0.1) is 11.3 Å². The third-order valence-corrected chi connectivity index (χ3v) is 11.3. The maximum absolute atomic E-state index is 13.0. The molecule has 0 aromatic carbocycles. The third kappa shape index (κ3) is 7.36. The maximum Gasteiger partial charge on any atom is 0.337 e. The number of esters is 1. The fraction of sp³-hybridized carbons (Fsp3) is 0.593. The zero-order valence-electron chi connectivity index (χ0n) is 22.1. The number of allylic oxidation sites excluding steroid dienone is 5. The average molecular weight is 488 g/mol. The summed E-state index contributed by atoms with van der Waals surface area (Å²) in [5, 5.41) is 9.76. The molecule has 0 bridgehead atoms. The summed E-state index contributed by atoms with van der Waals surface area (Å²) in [5.41, 5.74) is 0.527. The zero-order chi connectivity index (χ0) is 25.9. The lowest BCUT2D eigenvalue weighted by Crippen LogP contribution is -2.42. The topological polar surface area (TPSA) is 88.9 Å². The third-order valence-electron chi connectivity index (χ3n) is 6.59. The molecule has 0 amide bonds. The molecule has 1 fully saturated rings. The summed E-state index contributed by atoms with van der Waals surface area (Å²) in [6, 6.07) is 5.13. The van der Waals surface area contributed by atoms with Crippen LogP contribution in [0.5, 0.6) is 0 Å². The van der Waals surface area contributed by atoms with Gasteiger partial charge in [-0.25, -0.2) is 4.79 Å². The Labute approximate surface area is 206 Å². The van der Waals surface area contributed by atoms with Crippen LogP contribution in [0.15, 0.2) is 47.1 Å². The van der Waals surface area contributed by atoms with Gasteiger partial charge in [0.2, 0.25) is 11.4 Å². The van der Waals surface area contributed by atoms with Gasteiger partial charge in [0, 0.05) is 0 Å². The van der Waals surface area contributed by atoms with Crippen molar-refractivity contribution in [3.05, 3.63) is 47.1 Å². The molecule has 0 aromatic heterocycles. The molecule has 1 saturated heterocycles. The van der Waals surface area contributed by atoms with E-state index in [2.05, 4.69) is 26.8 Å². The number of rotatable bonds is 14. The minimum absolute atomic E-state index is 0.275. The van der Waals surface area contributed by atoms with Crippen molar-refractivity contribution in [3.63, 3.8) is 0 Å². The van der Waals surface area contributed by atoms with E-state index in [9.17, 15) is 14.9 Å². The van der Waals surface area contributed by atoms with Crippen LogP contribution < -0.4 is 0 Å². The van der Waals surface area contributed by atoms with E-state index in [1.807, 2.05) is 32.1 Å². The molecule has 1 rings (SSSR count). The minimum atomic E-state index is -1.86. The van der Waals surface area contributed by atoms with Gasteiger partial charge in [-0.05, 0) is 70.3 Å². The van der Waals surface area contributed by atoms with Gasteiger partial charge in [-0.1, -0.05) is 50.6 Å². The Morgan fingerprint density at radius 2 is 1.79 bits per heavy atom. The molecular formula is C27H41NO5Si. The summed E-state index contributed by atoms with van der Waals surface area (Å²) in [5.74, 6) is -0.644. The summed E-state index contributed by atoms with van der Waals surface area (Å²) < 4.78 is 16.9. The lowest BCUT2D eigenvalue weighted by Gasteiger charge is -2.31. The second-order valence-corrected chi connectivity index (χ2v) is 13.5. The molecule has 0 saturated carbocycles. The molecule has 0 radical (unpaired) electrons. The Balaban J connectivity index is 2.73. The highest BCUT2D eigenvalue weighted by molar-refractivity contribution is 6.73. The number of Topliss-reactive ketones (excluding diaryl/α,β-unsaturated/α-hetero) is 1. The SMILES string of the molecule is C\C=C(/C=C(C)/C=C/CC/C=C(\C)C(=O)[C@@]1(C#N)O[C@@H]1[C@@H](C)O[Si](CC)(CC)CC)C(=O)OC. The Morgan fingerprint density at radius 1 is 1.18 bits per heavy atom. The van der Waals surface area contributed by atoms with Crippen LogP contribution in [-0.2, 0) is 23.5 Å². The van der Waals surface area contributed by atoms with Gasteiger partial charge in [-0.15, -0.1) is 0 Å². The first-order valence-corrected chi connectivity index (χ1v) is 14.7. The predicted octanol–water partition coefficient (Wildman–Crippen LogP) is 5.98. The first kappa shape index (κ1) is 29.8. The molecule has 188 valence electrons. The summed E-state index contributed by atoms with van der Waals surface area (Å²) in [4.78, 5) is 24.7. The second-order valence-electron chi connectivity index (χ2n) is 8.77. The van der Waals surface area contributed by atoms with E-state index in [-0.39, 0.29) is 17.9 Å². The number of methoxy groups -OCH3 is 1. The molecule has 0 aromatic rings. The Morgan fingerprint density at radius 3 is 2.29 bits per heavy atom. The summed E-state index contributed by atoms with van der Waals surface area (Å²) >= 11 is 0. The van der Waals surface area contributed by atoms with E-state index in [1.54, 1.807) is 26.0 Å². The maximum atomic E-state index is 13.0. The molecule has 7 heteroatoms. The number of hydrogen-bond donors (Lipinski definition) is 0. The van der Waals surface area contributed by atoms with Crippen molar-refractivity contribution in [2.45, 2.75) is 97.2 Å². The van der Waals surface area contributed by atoms with Crippen LogP contribution in [0.4, 0.5) is 0 Å². The van der Waals surface area contributed by atoms with Gasteiger partial charge in [-0.3, -0.25) is 4.79 Å². The lowest BCUT2D eigenvalue weighted by molar-refractivity contribution is -0.135. The average Bonchev–Trinajstić information content (AvgIpc) is 3.60. The van der Waals surface area contributed by atoms with Gasteiger partial charge in [0.05, 0.1) is 18.8 Å². The smallest absolute Gasteiger partial charge is 0.337 e. The van der Waals surface area contributed by atoms with E-state index < -0.39 is 20.0 Å². The zero-order valence-corrected chi connectivity index (χ0v) is 23.1. The highest BCUT2D eigenvalue weighted by atomic mass is 28.4. The molecule has 0 spiro atoms. The van der Waals surface area contributed by atoms with Crippen LogP contribution in [0.1, 0.15) is 61.3 Å². The fourth-order valence-corrected chi connectivity index (χ4v) is 7.01. The van der Waals surface area contributed by atoms with Crippen LogP contribution >= 0.6 is 0 Å². The van der Waals surface area contributed by atoms with Crippen LogP contribution in [0.25, 0.3) is 0 Å². The van der Waals surface area contributed by atoms with Gasteiger partial charge in [0.15, 0.2) is 8.32 Å². The fourth-order valence-electron chi connectivity index (χ4n) is 4.09. The monoisotopic (exact) mass is 487 g/mol. The number of hydrogen-bond acceptors (Lipinski definition) is 6. The normalized spacial score (nSPS) is 22.4. The van der Waals surface area contributed by atoms with Crippen molar-refractivity contribution >= 4 is 20.1 Å². The summed E-state index contributed by atoms with van der Waals surface area (Å²) in [6.45, 7) is 13.8. The van der Waals surface area contributed by atoms with Crippen molar-refractivity contribution in [1.82, 2.24) is 0 Å². The molecule has 3 atom stereocenters. The minimum Gasteiger partial charge on any atom is -0.465 e. The Bertz CT molecular complexity index is 883. The van der Waals surface area contributed by atoms with Crippen molar-refractivity contribution in [3.8, 4) is 6.07 Å². The summed E-state index contributed by atoms with van der Waals surface area (Å²) in [7, 11) is -0.501. The van der Waals surface area contributed by atoms with Gasteiger partial charge in [-0.2, -0.15) is 5.26 Å². The predicted molar refractivity (Wildman–Crippen MR) is 138 cm³/mol. The van der Waals surface area contributed by atoms with Gasteiger partial charge in [0.1, 0.15) is 12.2 Å². The highest BCUT2D eigenvalue weighted by Gasteiger charge is 2.66. The molecule has 1 aliphatic rings. The van der Waals surface area contributed by atoms with Crippen molar-refractivity contribution in [1.29, 1.82) is 5.26 Å². The largest absolute Gasteiger partial charge is 0.465 e. The van der Waals surface area contributed by atoms with E-state index in [0.29, 0.717) is 17.6 Å². The lowest BCUT2D eigenvalue weighted by atomic mass is 9.93. The van der Waals surface area contributed by atoms with Gasteiger partial charge in [0.25, 0.3) is 0 Å². The first-order valence-electron chi connectivity index (χ1n) is 12.2. The van der Waals surface area contributed by atoms with E-state index >= 15 is 0 Å². The Kier molecular flexibility index (Phi) is 11.9. The molecule has 34 heavy (non-hydrogen) atoms. The second kappa shape index (κ2) is 13.6. The van der Waals surface area contributed by atoms with Crippen LogP contribution in [-0.4, -0.2) is 45.0 Å². The number of carbonyl (C=O) groups excluding carboxylic acids is 2. The molecule has 6 nitrogen and oxygen atoms in total. The molecule has 1 aliphatic heterocycles.